The van der Waals surface area contributed by atoms with E-state index in [1.54, 1.807) is 0 Å². The first-order chi connectivity index (χ1) is 11.7. The van der Waals surface area contributed by atoms with Gasteiger partial charge in [-0.1, -0.05) is 62.4 Å². The fourth-order valence-electron chi connectivity index (χ4n) is 2.34. The van der Waals surface area contributed by atoms with Crippen LogP contribution in [0.1, 0.15) is 44.4 Å². The van der Waals surface area contributed by atoms with E-state index in [1.807, 2.05) is 52.0 Å². The maximum absolute atomic E-state index is 6.12. The van der Waals surface area contributed by atoms with Crippen LogP contribution < -0.4 is 4.74 Å². The second-order valence-corrected chi connectivity index (χ2v) is 6.00. The number of halogens is 1. The molecule has 24 heavy (non-hydrogen) atoms. The Kier molecular flexibility index (Phi) is 9.18. The Balaban J connectivity index is 0.00000139. The third kappa shape index (κ3) is 5.68. The Morgan fingerprint density at radius 1 is 1.08 bits per heavy atom. The molecule has 0 spiro atoms. The maximum Gasteiger partial charge on any atom is 0.141 e. The zero-order valence-corrected chi connectivity index (χ0v) is 16.9. The van der Waals surface area contributed by atoms with Gasteiger partial charge in [0.2, 0.25) is 0 Å². The molecule has 0 atom stereocenters. The van der Waals surface area contributed by atoms with Crippen molar-refractivity contribution in [3.8, 4) is 5.75 Å². The fourth-order valence-corrected chi connectivity index (χ4v) is 3.03. The summed E-state index contributed by atoms with van der Waals surface area (Å²) in [6.07, 6.45) is 6.26. The average Bonchev–Trinajstić information content (AvgIpc) is 2.61. The Hall–Kier alpha value is -1.80. The molecule has 0 heterocycles. The van der Waals surface area contributed by atoms with Crippen molar-refractivity contribution < 1.29 is 4.74 Å². The van der Waals surface area contributed by atoms with Gasteiger partial charge in [-0.3, -0.25) is 0 Å². The van der Waals surface area contributed by atoms with Crippen molar-refractivity contribution in [2.75, 3.05) is 0 Å². The van der Waals surface area contributed by atoms with Crippen molar-refractivity contribution in [3.63, 3.8) is 0 Å². The van der Waals surface area contributed by atoms with Gasteiger partial charge in [0.25, 0.3) is 0 Å². The molecule has 0 aliphatic heterocycles. The predicted octanol–water partition coefficient (Wildman–Crippen LogP) is 7.34. The van der Waals surface area contributed by atoms with Crippen LogP contribution in [0.3, 0.4) is 0 Å². The SMILES string of the molecule is C/C=C\C(=C/C)c1cc(C)cc(Br)c1OCc1ccccc1.CC. The van der Waals surface area contributed by atoms with Crippen molar-refractivity contribution in [2.45, 2.75) is 41.2 Å². The van der Waals surface area contributed by atoms with Gasteiger partial charge >= 0.3 is 0 Å². The quantitative estimate of drug-likeness (QED) is 0.488. The zero-order valence-electron chi connectivity index (χ0n) is 15.3. The number of allylic oxidation sites excluding steroid dienone is 4. The minimum absolute atomic E-state index is 0.558. The van der Waals surface area contributed by atoms with Crippen molar-refractivity contribution in [3.05, 3.63) is 81.9 Å². The molecule has 2 aromatic carbocycles. The summed E-state index contributed by atoms with van der Waals surface area (Å²) in [6.45, 7) is 10.7. The Morgan fingerprint density at radius 3 is 2.33 bits per heavy atom. The molecule has 2 aromatic rings. The highest BCUT2D eigenvalue weighted by molar-refractivity contribution is 9.10. The fraction of sp³-hybridized carbons (Fsp3) is 0.273. The van der Waals surface area contributed by atoms with Gasteiger partial charge in [-0.2, -0.15) is 0 Å². The first-order valence-corrected chi connectivity index (χ1v) is 9.21. The van der Waals surface area contributed by atoms with Crippen LogP contribution >= 0.6 is 15.9 Å². The highest BCUT2D eigenvalue weighted by Gasteiger charge is 2.12. The number of hydrogen-bond acceptors (Lipinski definition) is 1. The molecule has 0 N–H and O–H groups in total. The lowest BCUT2D eigenvalue weighted by Crippen LogP contribution is -1.99. The van der Waals surface area contributed by atoms with E-state index in [9.17, 15) is 0 Å². The van der Waals surface area contributed by atoms with E-state index < -0.39 is 0 Å². The first kappa shape index (κ1) is 20.2. The zero-order chi connectivity index (χ0) is 17.9. The van der Waals surface area contributed by atoms with E-state index in [4.69, 9.17) is 4.74 Å². The van der Waals surface area contributed by atoms with Crippen LogP contribution in [0, 0.1) is 6.92 Å². The molecule has 0 saturated carbocycles. The first-order valence-electron chi connectivity index (χ1n) is 8.42. The van der Waals surface area contributed by atoms with Gasteiger partial charge < -0.3 is 4.74 Å². The summed E-state index contributed by atoms with van der Waals surface area (Å²) in [5.74, 6) is 0.889. The highest BCUT2D eigenvalue weighted by atomic mass is 79.9. The molecule has 2 heteroatoms. The Morgan fingerprint density at radius 2 is 1.75 bits per heavy atom. The topological polar surface area (TPSA) is 9.23 Å². The minimum Gasteiger partial charge on any atom is -0.487 e. The van der Waals surface area contributed by atoms with E-state index >= 15 is 0 Å². The average molecular weight is 387 g/mol. The molecule has 0 radical (unpaired) electrons. The number of ether oxygens (including phenoxy) is 1. The predicted molar refractivity (Wildman–Crippen MR) is 109 cm³/mol. The molecule has 0 saturated heterocycles. The summed E-state index contributed by atoms with van der Waals surface area (Å²) in [7, 11) is 0. The third-order valence-electron chi connectivity index (χ3n) is 3.38. The molecule has 0 aliphatic carbocycles. The van der Waals surface area contributed by atoms with Crippen molar-refractivity contribution in [1.29, 1.82) is 0 Å². The normalized spacial score (nSPS) is 11.2. The molecule has 0 aliphatic rings. The summed E-state index contributed by atoms with van der Waals surface area (Å²) in [5, 5.41) is 0. The van der Waals surface area contributed by atoms with Crippen LogP contribution in [0.2, 0.25) is 0 Å². The highest BCUT2D eigenvalue weighted by Crippen LogP contribution is 2.36. The molecule has 0 fully saturated rings. The van der Waals surface area contributed by atoms with Crippen LogP contribution in [-0.4, -0.2) is 0 Å². The van der Waals surface area contributed by atoms with E-state index in [-0.39, 0.29) is 0 Å². The molecular weight excluding hydrogens is 360 g/mol. The van der Waals surface area contributed by atoms with Crippen LogP contribution in [0.4, 0.5) is 0 Å². The number of hydrogen-bond donors (Lipinski definition) is 0. The summed E-state index contributed by atoms with van der Waals surface area (Å²) < 4.78 is 7.10. The second kappa shape index (κ2) is 10.9. The summed E-state index contributed by atoms with van der Waals surface area (Å²) in [5.41, 5.74) is 4.64. The monoisotopic (exact) mass is 386 g/mol. The van der Waals surface area contributed by atoms with E-state index in [1.165, 1.54) is 5.56 Å². The van der Waals surface area contributed by atoms with Gasteiger partial charge in [0.1, 0.15) is 12.4 Å². The third-order valence-corrected chi connectivity index (χ3v) is 3.97. The maximum atomic E-state index is 6.12. The van der Waals surface area contributed by atoms with Gasteiger partial charge in [0.15, 0.2) is 0 Å². The van der Waals surface area contributed by atoms with Gasteiger partial charge in [0.05, 0.1) is 4.47 Å². The molecular formula is C22H27BrO. The second-order valence-electron chi connectivity index (χ2n) is 5.14. The van der Waals surface area contributed by atoms with Gasteiger partial charge in [-0.25, -0.2) is 0 Å². The van der Waals surface area contributed by atoms with Gasteiger partial charge in [0, 0.05) is 5.56 Å². The van der Waals surface area contributed by atoms with E-state index in [2.05, 4.69) is 59.3 Å². The van der Waals surface area contributed by atoms with Crippen LogP contribution in [0.15, 0.2) is 65.2 Å². The summed E-state index contributed by atoms with van der Waals surface area (Å²) in [6, 6.07) is 14.5. The lowest BCUT2D eigenvalue weighted by Gasteiger charge is -2.15. The molecule has 2 rings (SSSR count). The van der Waals surface area contributed by atoms with Gasteiger partial charge in [-0.15, -0.1) is 0 Å². The molecule has 0 amide bonds. The molecule has 128 valence electrons. The minimum atomic E-state index is 0.558. The van der Waals surface area contributed by atoms with Crippen LogP contribution in [-0.2, 0) is 6.61 Å². The summed E-state index contributed by atoms with van der Waals surface area (Å²) in [4.78, 5) is 0. The lowest BCUT2D eigenvalue weighted by atomic mass is 10.0. The van der Waals surface area contributed by atoms with Crippen molar-refractivity contribution >= 4 is 21.5 Å². The van der Waals surface area contributed by atoms with Crippen molar-refractivity contribution in [2.24, 2.45) is 0 Å². The largest absolute Gasteiger partial charge is 0.487 e. The lowest BCUT2D eigenvalue weighted by molar-refractivity contribution is 0.303. The van der Waals surface area contributed by atoms with E-state index in [0.29, 0.717) is 6.61 Å². The number of rotatable bonds is 5. The number of benzene rings is 2. The summed E-state index contributed by atoms with van der Waals surface area (Å²) >= 11 is 3.64. The number of aryl methyl sites for hydroxylation is 1. The Labute approximate surface area is 155 Å². The molecule has 0 aromatic heterocycles. The molecule has 0 unspecified atom stereocenters. The van der Waals surface area contributed by atoms with Crippen LogP contribution in [0.25, 0.3) is 5.57 Å². The van der Waals surface area contributed by atoms with Crippen molar-refractivity contribution in [1.82, 2.24) is 0 Å². The smallest absolute Gasteiger partial charge is 0.141 e. The van der Waals surface area contributed by atoms with E-state index in [0.717, 1.165) is 26.9 Å². The standard InChI is InChI=1S/C20H21BrO.C2H6/c1-4-9-17(5-2)18-12-15(3)13-19(21)20(18)22-14-16-10-7-6-8-11-16;1-2/h4-13H,14H2,1-3H3;1-2H3/b9-4-,17-5+;. The van der Waals surface area contributed by atoms with Gasteiger partial charge in [-0.05, 0) is 65.5 Å². The van der Waals surface area contributed by atoms with Crippen LogP contribution in [0.5, 0.6) is 5.75 Å². The molecule has 1 nitrogen and oxygen atoms in total. The Bertz CT molecular complexity index is 685. The molecule has 0 bridgehead atoms.